The predicted octanol–water partition coefficient (Wildman–Crippen LogP) is 0.997. The Morgan fingerprint density at radius 3 is 1.88 bits per heavy atom. The van der Waals surface area contributed by atoms with Gasteiger partial charge in [-0.2, -0.15) is 0 Å². The van der Waals surface area contributed by atoms with Crippen LogP contribution < -0.4 is 0 Å². The van der Waals surface area contributed by atoms with E-state index in [2.05, 4.69) is 0 Å². The number of hydrogen-bond acceptors (Lipinski definition) is 2. The largest absolute Gasteiger partial charge is 0.365 e. The molecule has 1 atom stereocenters. The SMILES string of the molecule is COC(C)(O)C(C)C. The molecule has 0 aromatic carbocycles. The first-order valence-electron chi connectivity index (χ1n) is 2.78. The van der Waals surface area contributed by atoms with Crippen LogP contribution in [0.3, 0.4) is 0 Å². The fourth-order valence-corrected chi connectivity index (χ4v) is 0.236. The first-order valence-corrected chi connectivity index (χ1v) is 2.78. The number of ether oxygens (including phenoxy) is 1. The third kappa shape index (κ3) is 1.80. The molecule has 8 heavy (non-hydrogen) atoms. The number of rotatable bonds is 2. The third-order valence-corrected chi connectivity index (χ3v) is 1.48. The lowest BCUT2D eigenvalue weighted by molar-refractivity contribution is -0.199. The molecule has 1 unspecified atom stereocenters. The van der Waals surface area contributed by atoms with Crippen LogP contribution in [0.15, 0.2) is 0 Å². The van der Waals surface area contributed by atoms with E-state index in [0.717, 1.165) is 0 Å². The van der Waals surface area contributed by atoms with Crippen LogP contribution in [0.2, 0.25) is 0 Å². The van der Waals surface area contributed by atoms with E-state index in [-0.39, 0.29) is 5.92 Å². The van der Waals surface area contributed by atoms with Crippen molar-refractivity contribution in [2.75, 3.05) is 7.11 Å². The van der Waals surface area contributed by atoms with Crippen LogP contribution in [-0.4, -0.2) is 18.0 Å². The van der Waals surface area contributed by atoms with Crippen LogP contribution in [0.4, 0.5) is 0 Å². The Kier molecular flexibility index (Phi) is 2.44. The fourth-order valence-electron chi connectivity index (χ4n) is 0.236. The highest BCUT2D eigenvalue weighted by Gasteiger charge is 2.22. The maximum absolute atomic E-state index is 9.18. The van der Waals surface area contributed by atoms with E-state index in [1.165, 1.54) is 7.11 Å². The molecule has 2 heteroatoms. The molecule has 0 aliphatic heterocycles. The van der Waals surface area contributed by atoms with Crippen molar-refractivity contribution in [1.29, 1.82) is 0 Å². The van der Waals surface area contributed by atoms with E-state index in [9.17, 15) is 5.11 Å². The summed E-state index contributed by atoms with van der Waals surface area (Å²) in [5, 5.41) is 9.18. The lowest BCUT2D eigenvalue weighted by Gasteiger charge is -2.25. The minimum absolute atomic E-state index is 0.146. The van der Waals surface area contributed by atoms with Crippen molar-refractivity contribution in [3.63, 3.8) is 0 Å². The van der Waals surface area contributed by atoms with Crippen LogP contribution in [0.5, 0.6) is 0 Å². The molecular formula is C6H14O2. The molecule has 0 aliphatic carbocycles. The molecule has 0 bridgehead atoms. The lowest BCUT2D eigenvalue weighted by atomic mass is 10.1. The first kappa shape index (κ1) is 7.92. The summed E-state index contributed by atoms with van der Waals surface area (Å²) in [7, 11) is 1.50. The van der Waals surface area contributed by atoms with Gasteiger partial charge in [0.2, 0.25) is 0 Å². The second-order valence-electron chi connectivity index (χ2n) is 2.41. The van der Waals surface area contributed by atoms with Gasteiger partial charge in [-0.3, -0.25) is 0 Å². The van der Waals surface area contributed by atoms with Crippen molar-refractivity contribution in [2.45, 2.75) is 26.6 Å². The number of aliphatic hydroxyl groups is 1. The van der Waals surface area contributed by atoms with Crippen molar-refractivity contribution in [2.24, 2.45) is 5.92 Å². The fraction of sp³-hybridized carbons (Fsp3) is 1.00. The van der Waals surface area contributed by atoms with E-state index < -0.39 is 5.79 Å². The zero-order valence-electron chi connectivity index (χ0n) is 5.93. The molecule has 1 N–H and O–H groups in total. The Bertz CT molecular complexity index is 66.9. The number of hydrogen-bond donors (Lipinski definition) is 1. The molecule has 0 saturated heterocycles. The van der Waals surface area contributed by atoms with Crippen LogP contribution in [-0.2, 0) is 4.74 Å². The monoisotopic (exact) mass is 118 g/mol. The van der Waals surface area contributed by atoms with Crippen molar-refractivity contribution >= 4 is 0 Å². The Morgan fingerprint density at radius 2 is 1.88 bits per heavy atom. The van der Waals surface area contributed by atoms with Gasteiger partial charge in [-0.25, -0.2) is 0 Å². The molecule has 0 amide bonds. The zero-order chi connectivity index (χ0) is 6.78. The molecule has 0 radical (unpaired) electrons. The summed E-state index contributed by atoms with van der Waals surface area (Å²) in [4.78, 5) is 0. The molecule has 0 fully saturated rings. The highest BCUT2D eigenvalue weighted by Crippen LogP contribution is 2.15. The average molecular weight is 118 g/mol. The van der Waals surface area contributed by atoms with E-state index in [0.29, 0.717) is 0 Å². The summed E-state index contributed by atoms with van der Waals surface area (Å²) >= 11 is 0. The van der Waals surface area contributed by atoms with Gasteiger partial charge in [-0.05, 0) is 6.92 Å². The minimum atomic E-state index is -0.958. The van der Waals surface area contributed by atoms with Crippen molar-refractivity contribution in [3.8, 4) is 0 Å². The maximum Gasteiger partial charge on any atom is 0.164 e. The first-order chi connectivity index (χ1) is 3.50. The number of methoxy groups -OCH3 is 1. The van der Waals surface area contributed by atoms with E-state index in [1.54, 1.807) is 6.92 Å². The Morgan fingerprint density at radius 1 is 1.50 bits per heavy atom. The Hall–Kier alpha value is -0.0800. The lowest BCUT2D eigenvalue weighted by Crippen LogP contribution is -2.32. The predicted molar refractivity (Wildman–Crippen MR) is 32.5 cm³/mol. The quantitative estimate of drug-likeness (QED) is 0.548. The van der Waals surface area contributed by atoms with Gasteiger partial charge in [0, 0.05) is 13.0 Å². The molecule has 0 rings (SSSR count). The van der Waals surface area contributed by atoms with Gasteiger partial charge >= 0.3 is 0 Å². The van der Waals surface area contributed by atoms with Gasteiger partial charge in [-0.1, -0.05) is 13.8 Å². The van der Waals surface area contributed by atoms with Crippen LogP contribution in [0.25, 0.3) is 0 Å². The molecule has 0 aromatic heterocycles. The van der Waals surface area contributed by atoms with Crippen molar-refractivity contribution in [1.82, 2.24) is 0 Å². The third-order valence-electron chi connectivity index (χ3n) is 1.48. The Balaban J connectivity index is 3.71. The average Bonchev–Trinajstić information content (AvgIpc) is 1.67. The van der Waals surface area contributed by atoms with Crippen molar-refractivity contribution < 1.29 is 9.84 Å². The molecule has 0 aromatic rings. The van der Waals surface area contributed by atoms with Crippen LogP contribution in [0, 0.1) is 5.92 Å². The normalized spacial score (nSPS) is 18.8. The van der Waals surface area contributed by atoms with Gasteiger partial charge in [0.25, 0.3) is 0 Å². The second kappa shape index (κ2) is 2.46. The Labute approximate surface area is 50.5 Å². The molecule has 0 spiro atoms. The van der Waals surface area contributed by atoms with Gasteiger partial charge in [0.1, 0.15) is 0 Å². The maximum atomic E-state index is 9.18. The topological polar surface area (TPSA) is 29.5 Å². The summed E-state index contributed by atoms with van der Waals surface area (Å²) in [6.07, 6.45) is 0. The molecule has 0 heterocycles. The highest BCUT2D eigenvalue weighted by molar-refractivity contribution is 4.62. The van der Waals surface area contributed by atoms with Crippen molar-refractivity contribution in [3.05, 3.63) is 0 Å². The molecule has 0 saturated carbocycles. The van der Waals surface area contributed by atoms with E-state index >= 15 is 0 Å². The summed E-state index contributed by atoms with van der Waals surface area (Å²) in [5.74, 6) is -0.813. The van der Waals surface area contributed by atoms with E-state index in [4.69, 9.17) is 4.74 Å². The summed E-state index contributed by atoms with van der Waals surface area (Å²) in [6.45, 7) is 5.46. The van der Waals surface area contributed by atoms with Gasteiger partial charge in [0.05, 0.1) is 0 Å². The molecule has 50 valence electrons. The van der Waals surface area contributed by atoms with Gasteiger partial charge in [-0.15, -0.1) is 0 Å². The smallest absolute Gasteiger partial charge is 0.164 e. The zero-order valence-corrected chi connectivity index (χ0v) is 5.93. The molecular weight excluding hydrogens is 104 g/mol. The second-order valence-corrected chi connectivity index (χ2v) is 2.41. The summed E-state index contributed by atoms with van der Waals surface area (Å²) < 4.78 is 4.75. The highest BCUT2D eigenvalue weighted by atomic mass is 16.6. The summed E-state index contributed by atoms with van der Waals surface area (Å²) in [5.41, 5.74) is 0. The van der Waals surface area contributed by atoms with E-state index in [1.807, 2.05) is 13.8 Å². The summed E-state index contributed by atoms with van der Waals surface area (Å²) in [6, 6.07) is 0. The molecule has 0 aliphatic rings. The van der Waals surface area contributed by atoms with Gasteiger partial charge < -0.3 is 9.84 Å². The van der Waals surface area contributed by atoms with Gasteiger partial charge in [0.15, 0.2) is 5.79 Å². The minimum Gasteiger partial charge on any atom is -0.365 e. The van der Waals surface area contributed by atoms with Crippen LogP contribution >= 0.6 is 0 Å². The molecule has 2 nitrogen and oxygen atoms in total. The standard InChI is InChI=1S/C6H14O2/c1-5(2)6(3,7)8-4/h5,7H,1-4H3. The van der Waals surface area contributed by atoms with Crippen LogP contribution in [0.1, 0.15) is 20.8 Å².